The molecule has 1 fully saturated rings. The molecule has 1 aliphatic rings. The Morgan fingerprint density at radius 1 is 1.48 bits per heavy atom. The van der Waals surface area contributed by atoms with Gasteiger partial charge in [0, 0.05) is 31.8 Å². The maximum atomic E-state index is 12.0. The van der Waals surface area contributed by atoms with Crippen LogP contribution in [-0.2, 0) is 0 Å². The number of nitro benzene ring substituents is 1. The van der Waals surface area contributed by atoms with Gasteiger partial charge in [-0.3, -0.25) is 14.9 Å². The lowest BCUT2D eigenvalue weighted by molar-refractivity contribution is -0.384. The van der Waals surface area contributed by atoms with E-state index < -0.39 is 4.92 Å². The molecule has 0 radical (unpaired) electrons. The number of anilines is 1. The zero-order valence-corrected chi connectivity index (χ0v) is 12.6. The van der Waals surface area contributed by atoms with Gasteiger partial charge in [-0.25, -0.2) is 0 Å². The minimum Gasteiger partial charge on any atom is -0.377 e. The molecule has 0 heterocycles. The van der Waals surface area contributed by atoms with E-state index in [1.807, 2.05) is 6.92 Å². The monoisotopic (exact) mass is 291 g/mol. The van der Waals surface area contributed by atoms with Gasteiger partial charge in [-0.1, -0.05) is 12.8 Å². The molecule has 2 rings (SSSR count). The van der Waals surface area contributed by atoms with E-state index in [1.54, 1.807) is 20.2 Å². The molecule has 1 aromatic carbocycles. The standard InChI is InChI=1S/C15H21N3O3/c1-10(8-11-4-5-11)16-13-9-12(15(19)17(2)3)6-7-14(13)18(20)21/h6-7,9-11,16H,4-5,8H2,1-3H3. The van der Waals surface area contributed by atoms with Crippen molar-refractivity contribution in [3.05, 3.63) is 33.9 Å². The van der Waals surface area contributed by atoms with Crippen LogP contribution < -0.4 is 5.32 Å². The zero-order valence-electron chi connectivity index (χ0n) is 12.6. The average molecular weight is 291 g/mol. The summed E-state index contributed by atoms with van der Waals surface area (Å²) in [6, 6.07) is 4.62. The first kappa shape index (κ1) is 15.3. The smallest absolute Gasteiger partial charge is 0.292 e. The van der Waals surface area contributed by atoms with E-state index in [2.05, 4.69) is 5.32 Å². The summed E-state index contributed by atoms with van der Waals surface area (Å²) in [4.78, 5) is 24.1. The van der Waals surface area contributed by atoms with Crippen LogP contribution in [0.15, 0.2) is 18.2 Å². The fourth-order valence-electron chi connectivity index (χ4n) is 2.38. The van der Waals surface area contributed by atoms with Gasteiger partial charge < -0.3 is 10.2 Å². The van der Waals surface area contributed by atoms with Crippen molar-refractivity contribution in [3.8, 4) is 0 Å². The highest BCUT2D eigenvalue weighted by molar-refractivity contribution is 5.95. The predicted octanol–water partition coefficient (Wildman–Crippen LogP) is 2.90. The number of benzene rings is 1. The van der Waals surface area contributed by atoms with E-state index in [1.165, 1.54) is 29.9 Å². The molecular weight excluding hydrogens is 270 g/mol. The second-order valence-electron chi connectivity index (χ2n) is 5.91. The molecule has 1 saturated carbocycles. The third-order valence-electron chi connectivity index (χ3n) is 3.63. The van der Waals surface area contributed by atoms with Crippen LogP contribution >= 0.6 is 0 Å². The summed E-state index contributed by atoms with van der Waals surface area (Å²) in [5.74, 6) is 0.570. The molecule has 1 N–H and O–H groups in total. The van der Waals surface area contributed by atoms with Gasteiger partial charge in [0.1, 0.15) is 5.69 Å². The summed E-state index contributed by atoms with van der Waals surface area (Å²) in [6.45, 7) is 2.02. The third kappa shape index (κ3) is 3.93. The molecule has 0 bridgehead atoms. The van der Waals surface area contributed by atoms with Crippen molar-refractivity contribution >= 4 is 17.3 Å². The maximum absolute atomic E-state index is 12.0. The Bertz CT molecular complexity index is 553. The fourth-order valence-corrected chi connectivity index (χ4v) is 2.38. The Kier molecular flexibility index (Phi) is 4.45. The predicted molar refractivity (Wildman–Crippen MR) is 81.5 cm³/mol. The van der Waals surface area contributed by atoms with E-state index in [0.29, 0.717) is 11.3 Å². The normalized spacial score (nSPS) is 15.4. The Hall–Kier alpha value is -2.11. The summed E-state index contributed by atoms with van der Waals surface area (Å²) in [5, 5.41) is 14.3. The number of hydrogen-bond donors (Lipinski definition) is 1. The number of nitrogens with one attached hydrogen (secondary N) is 1. The van der Waals surface area contributed by atoms with Crippen molar-refractivity contribution in [1.29, 1.82) is 0 Å². The van der Waals surface area contributed by atoms with Gasteiger partial charge in [0.2, 0.25) is 0 Å². The average Bonchev–Trinajstić information content (AvgIpc) is 3.20. The molecule has 0 spiro atoms. The maximum Gasteiger partial charge on any atom is 0.292 e. The first-order valence-electron chi connectivity index (χ1n) is 7.15. The van der Waals surface area contributed by atoms with Gasteiger partial charge in [0.05, 0.1) is 4.92 Å². The van der Waals surface area contributed by atoms with Gasteiger partial charge in [0.25, 0.3) is 11.6 Å². The van der Waals surface area contributed by atoms with Crippen LogP contribution in [0, 0.1) is 16.0 Å². The second kappa shape index (κ2) is 6.11. The van der Waals surface area contributed by atoms with Crippen LogP contribution in [-0.4, -0.2) is 35.9 Å². The van der Waals surface area contributed by atoms with Crippen molar-refractivity contribution in [2.24, 2.45) is 5.92 Å². The van der Waals surface area contributed by atoms with Crippen LogP contribution in [0.5, 0.6) is 0 Å². The van der Waals surface area contributed by atoms with E-state index in [0.717, 1.165) is 12.3 Å². The highest BCUT2D eigenvalue weighted by atomic mass is 16.6. The number of carbonyl (C=O) groups excluding carboxylic acids is 1. The Balaban J connectivity index is 2.23. The minimum atomic E-state index is -0.421. The summed E-state index contributed by atoms with van der Waals surface area (Å²) < 4.78 is 0. The molecule has 6 heteroatoms. The van der Waals surface area contributed by atoms with Gasteiger partial charge in [-0.05, 0) is 31.4 Å². The molecule has 0 saturated heterocycles. The minimum absolute atomic E-state index is 0.00736. The molecule has 114 valence electrons. The molecule has 0 aromatic heterocycles. The molecule has 21 heavy (non-hydrogen) atoms. The van der Waals surface area contributed by atoms with Crippen molar-refractivity contribution in [1.82, 2.24) is 4.90 Å². The topological polar surface area (TPSA) is 75.5 Å². The van der Waals surface area contributed by atoms with Gasteiger partial charge in [-0.2, -0.15) is 0 Å². The molecule has 1 atom stereocenters. The number of carbonyl (C=O) groups is 1. The van der Waals surface area contributed by atoms with E-state index in [9.17, 15) is 14.9 Å². The molecule has 0 aliphatic heterocycles. The van der Waals surface area contributed by atoms with Crippen molar-refractivity contribution in [3.63, 3.8) is 0 Å². The summed E-state index contributed by atoms with van der Waals surface area (Å²) in [5.41, 5.74) is 0.875. The molecule has 6 nitrogen and oxygen atoms in total. The first-order chi connectivity index (χ1) is 9.88. The van der Waals surface area contributed by atoms with Gasteiger partial charge in [-0.15, -0.1) is 0 Å². The number of rotatable bonds is 6. The van der Waals surface area contributed by atoms with Crippen LogP contribution in [0.25, 0.3) is 0 Å². The summed E-state index contributed by atoms with van der Waals surface area (Å²) >= 11 is 0. The van der Waals surface area contributed by atoms with Crippen LogP contribution in [0.3, 0.4) is 0 Å². The molecule has 1 aliphatic carbocycles. The zero-order chi connectivity index (χ0) is 15.6. The van der Waals surface area contributed by atoms with Gasteiger partial charge >= 0.3 is 0 Å². The first-order valence-corrected chi connectivity index (χ1v) is 7.15. The third-order valence-corrected chi connectivity index (χ3v) is 3.63. The number of nitrogens with zero attached hydrogens (tertiary/aromatic N) is 2. The Morgan fingerprint density at radius 2 is 2.14 bits per heavy atom. The SMILES string of the molecule is CC(CC1CC1)Nc1cc(C(=O)N(C)C)ccc1[N+](=O)[O-]. The van der Waals surface area contributed by atoms with E-state index >= 15 is 0 Å². The molecule has 1 aromatic rings. The van der Waals surface area contributed by atoms with Crippen LogP contribution in [0.1, 0.15) is 36.5 Å². The number of nitro groups is 1. The lowest BCUT2D eigenvalue weighted by Crippen LogP contribution is -2.22. The lowest BCUT2D eigenvalue weighted by atomic mass is 10.1. The van der Waals surface area contributed by atoms with E-state index in [-0.39, 0.29) is 17.6 Å². The Labute approximate surface area is 124 Å². The number of amides is 1. The largest absolute Gasteiger partial charge is 0.377 e. The molecular formula is C15H21N3O3. The van der Waals surface area contributed by atoms with Crippen molar-refractivity contribution in [2.45, 2.75) is 32.2 Å². The van der Waals surface area contributed by atoms with E-state index in [4.69, 9.17) is 0 Å². The highest BCUT2D eigenvalue weighted by Gasteiger charge is 2.25. The van der Waals surface area contributed by atoms with Gasteiger partial charge in [0.15, 0.2) is 0 Å². The fraction of sp³-hybridized carbons (Fsp3) is 0.533. The highest BCUT2D eigenvalue weighted by Crippen LogP contribution is 2.35. The molecule has 1 amide bonds. The molecule has 1 unspecified atom stereocenters. The summed E-state index contributed by atoms with van der Waals surface area (Å²) in [7, 11) is 3.32. The lowest BCUT2D eigenvalue weighted by Gasteiger charge is -2.16. The quantitative estimate of drug-likeness (QED) is 0.646. The number of hydrogen-bond acceptors (Lipinski definition) is 4. The Morgan fingerprint density at radius 3 is 2.67 bits per heavy atom. The van der Waals surface area contributed by atoms with Crippen molar-refractivity contribution < 1.29 is 9.72 Å². The summed E-state index contributed by atoms with van der Waals surface area (Å²) in [6.07, 6.45) is 3.49. The van der Waals surface area contributed by atoms with Crippen molar-refractivity contribution in [2.75, 3.05) is 19.4 Å². The second-order valence-corrected chi connectivity index (χ2v) is 5.91. The van der Waals surface area contributed by atoms with Crippen LogP contribution in [0.4, 0.5) is 11.4 Å². The van der Waals surface area contributed by atoms with Crippen LogP contribution in [0.2, 0.25) is 0 Å².